The van der Waals surface area contributed by atoms with Crippen molar-refractivity contribution < 1.29 is 0 Å². The first-order valence-corrected chi connectivity index (χ1v) is 8.31. The Morgan fingerprint density at radius 2 is 2.27 bits per heavy atom. The maximum Gasteiger partial charge on any atom is 0.138 e. The molecule has 22 heavy (non-hydrogen) atoms. The highest BCUT2D eigenvalue weighted by molar-refractivity contribution is 7.10. The van der Waals surface area contributed by atoms with Gasteiger partial charge in [0.1, 0.15) is 23.5 Å². The van der Waals surface area contributed by atoms with Crippen molar-refractivity contribution in [2.75, 3.05) is 5.73 Å². The largest absolute Gasteiger partial charge is 0.383 e. The van der Waals surface area contributed by atoms with Gasteiger partial charge >= 0.3 is 0 Å². The highest BCUT2D eigenvalue weighted by Gasteiger charge is 2.18. The molecule has 0 radical (unpaired) electrons. The van der Waals surface area contributed by atoms with Gasteiger partial charge in [-0.2, -0.15) is 5.10 Å². The van der Waals surface area contributed by atoms with Crippen molar-refractivity contribution >= 4 is 17.2 Å². The van der Waals surface area contributed by atoms with Crippen molar-refractivity contribution in [2.45, 2.75) is 32.1 Å². The van der Waals surface area contributed by atoms with E-state index in [2.05, 4.69) is 40.2 Å². The Morgan fingerprint density at radius 3 is 2.95 bits per heavy atom. The van der Waals surface area contributed by atoms with E-state index < -0.39 is 0 Å². The Kier molecular flexibility index (Phi) is 4.48. The van der Waals surface area contributed by atoms with E-state index in [1.807, 2.05) is 11.4 Å². The fraction of sp³-hybridized carbons (Fsp3) is 0.312. The molecule has 114 valence electrons. The molecule has 0 aliphatic rings. The van der Waals surface area contributed by atoms with Crippen molar-refractivity contribution in [2.24, 2.45) is 0 Å². The number of unbranched alkanes of at least 4 members (excludes halogenated alkanes) is 1. The van der Waals surface area contributed by atoms with Crippen LogP contribution in [0.25, 0.3) is 5.69 Å². The predicted molar refractivity (Wildman–Crippen MR) is 89.3 cm³/mol. The molecule has 0 bridgehead atoms. The molecular formula is C16H19N5S. The first kappa shape index (κ1) is 14.7. The van der Waals surface area contributed by atoms with Crippen LogP contribution < -0.4 is 5.73 Å². The highest BCUT2D eigenvalue weighted by atomic mass is 32.1. The van der Waals surface area contributed by atoms with E-state index in [9.17, 15) is 0 Å². The SMILES string of the molecule is CCCCC(c1cccc(-n2cncn2)c1)c1nc(N)cs1. The average molecular weight is 313 g/mol. The summed E-state index contributed by atoms with van der Waals surface area (Å²) in [6.45, 7) is 2.21. The smallest absolute Gasteiger partial charge is 0.138 e. The number of nitrogens with zero attached hydrogens (tertiary/aromatic N) is 4. The van der Waals surface area contributed by atoms with Crippen LogP contribution in [0.4, 0.5) is 5.82 Å². The number of rotatable bonds is 6. The number of benzene rings is 1. The second kappa shape index (κ2) is 6.70. The van der Waals surface area contributed by atoms with Crippen LogP contribution in [0.3, 0.4) is 0 Å². The molecule has 1 aromatic carbocycles. The van der Waals surface area contributed by atoms with Gasteiger partial charge in [-0.3, -0.25) is 0 Å². The summed E-state index contributed by atoms with van der Waals surface area (Å²) < 4.78 is 1.77. The third kappa shape index (κ3) is 3.17. The molecule has 5 nitrogen and oxygen atoms in total. The van der Waals surface area contributed by atoms with E-state index in [-0.39, 0.29) is 5.92 Å². The van der Waals surface area contributed by atoms with Gasteiger partial charge in [0.15, 0.2) is 0 Å². The number of hydrogen-bond acceptors (Lipinski definition) is 5. The van der Waals surface area contributed by atoms with Crippen molar-refractivity contribution in [3.63, 3.8) is 0 Å². The summed E-state index contributed by atoms with van der Waals surface area (Å²) in [6, 6.07) is 8.40. The zero-order valence-electron chi connectivity index (χ0n) is 12.5. The first-order chi connectivity index (χ1) is 10.8. The number of aromatic nitrogens is 4. The van der Waals surface area contributed by atoms with Crippen LogP contribution in [0.5, 0.6) is 0 Å². The van der Waals surface area contributed by atoms with Gasteiger partial charge in [-0.25, -0.2) is 14.6 Å². The van der Waals surface area contributed by atoms with E-state index in [0.717, 1.165) is 23.5 Å². The zero-order chi connectivity index (χ0) is 15.4. The number of nitrogens with two attached hydrogens (primary N) is 1. The van der Waals surface area contributed by atoms with Crippen molar-refractivity contribution in [3.8, 4) is 5.69 Å². The normalized spacial score (nSPS) is 12.4. The molecule has 3 rings (SSSR count). The molecule has 0 saturated heterocycles. The molecule has 1 atom stereocenters. The first-order valence-electron chi connectivity index (χ1n) is 7.43. The molecule has 3 aromatic rings. The Balaban J connectivity index is 1.95. The molecule has 0 amide bonds. The number of hydrogen-bond donors (Lipinski definition) is 1. The van der Waals surface area contributed by atoms with Gasteiger partial charge in [0.25, 0.3) is 0 Å². The van der Waals surface area contributed by atoms with Gasteiger partial charge in [-0.15, -0.1) is 11.3 Å². The van der Waals surface area contributed by atoms with Crippen molar-refractivity contribution in [1.29, 1.82) is 0 Å². The van der Waals surface area contributed by atoms with Crippen LogP contribution in [0.2, 0.25) is 0 Å². The molecule has 0 saturated carbocycles. The molecule has 2 aromatic heterocycles. The summed E-state index contributed by atoms with van der Waals surface area (Å²) >= 11 is 1.64. The molecule has 0 fully saturated rings. The fourth-order valence-electron chi connectivity index (χ4n) is 2.53. The maximum absolute atomic E-state index is 5.81. The molecule has 2 heterocycles. The summed E-state index contributed by atoms with van der Waals surface area (Å²) in [6.07, 6.45) is 6.66. The van der Waals surface area contributed by atoms with Crippen LogP contribution in [0.15, 0.2) is 42.3 Å². The molecule has 0 aliphatic carbocycles. The summed E-state index contributed by atoms with van der Waals surface area (Å²) in [5, 5.41) is 7.20. The molecule has 6 heteroatoms. The summed E-state index contributed by atoms with van der Waals surface area (Å²) in [4.78, 5) is 8.50. The molecular weight excluding hydrogens is 294 g/mol. The third-order valence-corrected chi connectivity index (χ3v) is 4.62. The van der Waals surface area contributed by atoms with Gasteiger partial charge in [0.2, 0.25) is 0 Å². The second-order valence-corrected chi connectivity index (χ2v) is 6.13. The van der Waals surface area contributed by atoms with Crippen LogP contribution >= 0.6 is 11.3 Å². The monoisotopic (exact) mass is 313 g/mol. The van der Waals surface area contributed by atoms with Crippen LogP contribution in [-0.2, 0) is 0 Å². The molecule has 2 N–H and O–H groups in total. The van der Waals surface area contributed by atoms with Crippen LogP contribution in [0.1, 0.15) is 42.7 Å². The second-order valence-electron chi connectivity index (χ2n) is 5.24. The third-order valence-electron chi connectivity index (χ3n) is 3.64. The Morgan fingerprint density at radius 1 is 1.36 bits per heavy atom. The van der Waals surface area contributed by atoms with Gasteiger partial charge in [0, 0.05) is 11.3 Å². The summed E-state index contributed by atoms with van der Waals surface area (Å²) in [5.74, 6) is 0.889. The average Bonchev–Trinajstić information content (AvgIpc) is 3.20. The summed E-state index contributed by atoms with van der Waals surface area (Å²) in [7, 11) is 0. The van der Waals surface area contributed by atoms with Gasteiger partial charge in [-0.1, -0.05) is 31.9 Å². The number of thiazole rings is 1. The maximum atomic E-state index is 5.81. The van der Waals surface area contributed by atoms with E-state index in [1.165, 1.54) is 12.0 Å². The lowest BCUT2D eigenvalue weighted by atomic mass is 9.94. The predicted octanol–water partition coefficient (Wildman–Crippen LogP) is 3.63. The number of nitrogen functional groups attached to an aromatic ring is 1. The minimum Gasteiger partial charge on any atom is -0.383 e. The van der Waals surface area contributed by atoms with Crippen LogP contribution in [-0.4, -0.2) is 19.7 Å². The molecule has 0 spiro atoms. The quantitative estimate of drug-likeness (QED) is 0.754. The van der Waals surface area contributed by atoms with Gasteiger partial charge in [-0.05, 0) is 24.1 Å². The molecule has 1 unspecified atom stereocenters. The van der Waals surface area contributed by atoms with Crippen molar-refractivity contribution in [1.82, 2.24) is 19.7 Å². The lowest BCUT2D eigenvalue weighted by molar-refractivity contribution is 0.647. The summed E-state index contributed by atoms with van der Waals surface area (Å²) in [5.41, 5.74) is 8.07. The van der Waals surface area contributed by atoms with E-state index in [4.69, 9.17) is 5.73 Å². The van der Waals surface area contributed by atoms with E-state index >= 15 is 0 Å². The van der Waals surface area contributed by atoms with Crippen LogP contribution in [0, 0.1) is 0 Å². The lowest BCUT2D eigenvalue weighted by Gasteiger charge is -2.15. The lowest BCUT2D eigenvalue weighted by Crippen LogP contribution is -2.03. The zero-order valence-corrected chi connectivity index (χ0v) is 13.3. The fourth-order valence-corrected chi connectivity index (χ4v) is 3.40. The minimum atomic E-state index is 0.283. The molecule has 0 aliphatic heterocycles. The highest BCUT2D eigenvalue weighted by Crippen LogP contribution is 2.33. The Bertz CT molecular complexity index is 720. The van der Waals surface area contributed by atoms with Gasteiger partial charge in [0.05, 0.1) is 5.69 Å². The standard InChI is InChI=1S/C16H19N5S/c1-2-3-7-14(16-20-15(17)9-22-16)12-5-4-6-13(8-12)21-11-18-10-19-21/h4-6,8-11,14H,2-3,7,17H2,1H3. The van der Waals surface area contributed by atoms with Gasteiger partial charge < -0.3 is 5.73 Å². The van der Waals surface area contributed by atoms with E-state index in [0.29, 0.717) is 5.82 Å². The Labute approximate surface area is 133 Å². The Hall–Kier alpha value is -2.21. The van der Waals surface area contributed by atoms with E-state index in [1.54, 1.807) is 28.7 Å². The topological polar surface area (TPSA) is 69.6 Å². The van der Waals surface area contributed by atoms with Crippen molar-refractivity contribution in [3.05, 3.63) is 52.9 Å². The minimum absolute atomic E-state index is 0.283. The number of anilines is 1.